The minimum atomic E-state index is -2.15. The molecule has 0 unspecified atom stereocenters. The Balaban J connectivity index is 0.000000169. The van der Waals surface area contributed by atoms with Crippen LogP contribution in [-0.4, -0.2) is 0 Å². The molecule has 0 fully saturated rings. The minimum absolute atomic E-state index is 0.274. The average molecular weight is 1230 g/mol. The van der Waals surface area contributed by atoms with Crippen LogP contribution < -0.4 is 22.8 Å². The Morgan fingerprint density at radius 1 is 0.250 bits per heavy atom. The van der Waals surface area contributed by atoms with Crippen molar-refractivity contribution in [3.63, 3.8) is 0 Å². The lowest BCUT2D eigenvalue weighted by Crippen LogP contribution is -2.31. The van der Waals surface area contributed by atoms with Gasteiger partial charge in [-0.3, -0.25) is 0 Å². The van der Waals surface area contributed by atoms with Gasteiger partial charge in [-0.15, -0.1) is 0 Å². The molecule has 0 N–H and O–H groups in total. The van der Waals surface area contributed by atoms with Crippen molar-refractivity contribution in [2.75, 3.05) is 0 Å². The molecular formula is C87H98N5+5. The predicted octanol–water partition coefficient (Wildman–Crippen LogP) is 19.0. The zero-order chi connectivity index (χ0) is 78.8. The standard InChI is InChI=1S/C22H24N.C19H18N.C16H20N.2C15H18N/c1-16(2)18-9-11-19(12-10-18)20-13-14-22(23(4)15-20)21-8-6-5-7-17(21)3;1-15-8-6-7-11-18(15)19-13-12-17(14-20(19)2)16-9-4-3-5-10-16;1-11-6-7-15(13(3)8-11)16-9-12(2)14(4)10-17(16)5;1-11-5-7-14(13(3)9-11)15-8-6-12(2)10-16(15)4;1-11-7-5-6-8-14(11)15-9-12(2)13(3)10-16(15)4/h5-16H,1-4H3;3-14H,1-2H3;6-10H,1-5H3;2*5-10H,1-4H3/q5*+1/i;;1D3,4D3;1D3,2D3;3D3. The Labute approximate surface area is 573 Å². The van der Waals surface area contributed by atoms with Crippen LogP contribution in [0, 0.1) is 82.7 Å². The molecule has 12 aromatic rings. The van der Waals surface area contributed by atoms with Gasteiger partial charge in [0, 0.05) is 107 Å². The molecule has 5 heteroatoms. The largest absolute Gasteiger partial charge is 0.212 e. The molecule has 0 atom stereocenters. The van der Waals surface area contributed by atoms with Crippen molar-refractivity contribution in [2.45, 2.75) is 102 Å². The molecule has 0 aliphatic carbocycles. The van der Waals surface area contributed by atoms with Gasteiger partial charge in [-0.1, -0.05) is 158 Å². The summed E-state index contributed by atoms with van der Waals surface area (Å²) in [6.07, 6.45) is 9.32. The highest BCUT2D eigenvalue weighted by Crippen LogP contribution is 2.29. The Morgan fingerprint density at radius 2 is 0.587 bits per heavy atom. The van der Waals surface area contributed by atoms with Gasteiger partial charge >= 0.3 is 0 Å². The highest BCUT2D eigenvalue weighted by molar-refractivity contribution is 5.69. The second-order valence-electron chi connectivity index (χ2n) is 24.1. The van der Waals surface area contributed by atoms with Crippen molar-refractivity contribution in [3.05, 3.63) is 316 Å². The number of hydrogen-bond donors (Lipinski definition) is 0. The Hall–Kier alpha value is -9.71. The average Bonchev–Trinajstić information content (AvgIpc) is 0.959. The van der Waals surface area contributed by atoms with Crippen molar-refractivity contribution in [2.24, 2.45) is 35.2 Å². The monoisotopic (exact) mass is 1230 g/mol. The van der Waals surface area contributed by atoms with Crippen molar-refractivity contribution in [3.8, 4) is 78.5 Å². The SMILES string of the molecule is Cc1ccccc1-c1ccc(-c2ccc(C(C)C)cc2)c[n+]1C.Cc1ccccc1-c1ccc(-c2ccccc2)c[n+]1C.[2H]C([2H])([2H])c1c[n+](C)c(-c2ccccc2C)cc1C.[2H]C([2H])([2H])c1ccc(-c2cc(C)c(C([2H])([2H])[2H])c[n+]2C)c(C)c1.[2H]C([2H])([2H])c1ccc(-c2ccc(C([2H])([2H])[2H])c[n+]2C)c(C)c1. The van der Waals surface area contributed by atoms with E-state index in [1.165, 1.54) is 67.0 Å². The molecule has 5 nitrogen and oxygen atoms in total. The summed E-state index contributed by atoms with van der Waals surface area (Å²) in [5.41, 5.74) is 25.6. The fraction of sp³-hybridized carbons (Fsp3) is 0.230. The van der Waals surface area contributed by atoms with E-state index in [4.69, 9.17) is 20.6 Å². The molecule has 0 spiro atoms. The van der Waals surface area contributed by atoms with Crippen LogP contribution in [0.3, 0.4) is 0 Å². The smallest absolute Gasteiger partial charge is 0.201 e. The van der Waals surface area contributed by atoms with Crippen molar-refractivity contribution in [1.29, 1.82) is 0 Å². The molecule has 0 bridgehead atoms. The summed E-state index contributed by atoms with van der Waals surface area (Å²) >= 11 is 0. The number of aryl methyl sites for hydroxylation is 17. The summed E-state index contributed by atoms with van der Waals surface area (Å²) in [6.45, 7) is 7.54. The second kappa shape index (κ2) is 31.3. The Morgan fingerprint density at radius 3 is 0.967 bits per heavy atom. The molecule has 5 aromatic heterocycles. The van der Waals surface area contributed by atoms with E-state index >= 15 is 0 Å². The van der Waals surface area contributed by atoms with E-state index < -0.39 is 34.3 Å². The third-order valence-corrected chi connectivity index (χ3v) is 16.6. The first-order valence-corrected chi connectivity index (χ1v) is 31.1. The molecule has 0 saturated heterocycles. The van der Waals surface area contributed by atoms with Crippen molar-refractivity contribution < 1.29 is 43.4 Å². The fourth-order valence-corrected chi connectivity index (χ4v) is 11.2. The molecule has 0 radical (unpaired) electrons. The van der Waals surface area contributed by atoms with E-state index in [1.807, 2.05) is 62.7 Å². The van der Waals surface area contributed by atoms with Crippen LogP contribution in [-0.2, 0) is 35.2 Å². The first-order valence-electron chi connectivity index (χ1n) is 38.6. The molecular weight excluding hydrogens is 1110 g/mol. The van der Waals surface area contributed by atoms with Gasteiger partial charge in [-0.2, -0.15) is 0 Å². The lowest BCUT2D eigenvalue weighted by molar-refractivity contribution is -0.660. The molecule has 0 aliphatic rings. The number of hydrogen-bond acceptors (Lipinski definition) is 0. The molecule has 7 aromatic carbocycles. The van der Waals surface area contributed by atoms with Gasteiger partial charge in [0.05, 0.1) is 0 Å². The predicted molar refractivity (Wildman–Crippen MR) is 387 cm³/mol. The van der Waals surface area contributed by atoms with E-state index in [0.717, 1.165) is 50.5 Å². The first-order chi connectivity index (χ1) is 50.0. The van der Waals surface area contributed by atoms with Crippen molar-refractivity contribution >= 4 is 0 Å². The number of rotatable bonds is 8. The van der Waals surface area contributed by atoms with Crippen LogP contribution in [0.1, 0.15) is 113 Å². The summed E-state index contributed by atoms with van der Waals surface area (Å²) in [5.74, 6) is 0.573. The van der Waals surface area contributed by atoms with E-state index in [9.17, 15) is 0 Å². The van der Waals surface area contributed by atoms with Crippen LogP contribution in [0.4, 0.5) is 0 Å². The van der Waals surface area contributed by atoms with Gasteiger partial charge < -0.3 is 0 Å². The van der Waals surface area contributed by atoms with E-state index in [0.29, 0.717) is 33.7 Å². The minimum Gasteiger partial charge on any atom is -0.201 e. The number of nitrogens with zero attached hydrogens (tertiary/aromatic N) is 5. The zero-order valence-electron chi connectivity index (χ0n) is 70.9. The second-order valence-corrected chi connectivity index (χ2v) is 24.1. The summed E-state index contributed by atoms with van der Waals surface area (Å²) in [6, 6.07) is 70.5. The molecule has 12 rings (SSSR count). The van der Waals surface area contributed by atoms with Gasteiger partial charge in [-0.25, -0.2) is 22.8 Å². The summed E-state index contributed by atoms with van der Waals surface area (Å²) in [5, 5.41) is 0. The summed E-state index contributed by atoms with van der Waals surface area (Å²) < 4.78 is 122. The number of pyridine rings is 5. The first kappa shape index (κ1) is 50.0. The molecule has 0 saturated carbocycles. The lowest BCUT2D eigenvalue weighted by Gasteiger charge is -2.08. The van der Waals surface area contributed by atoms with Gasteiger partial charge in [-0.05, 0) is 193 Å². The van der Waals surface area contributed by atoms with Gasteiger partial charge in [0.25, 0.3) is 0 Å². The third-order valence-electron chi connectivity index (χ3n) is 16.6. The third kappa shape index (κ3) is 17.4. The van der Waals surface area contributed by atoms with Crippen LogP contribution in [0.2, 0.25) is 0 Å². The molecule has 92 heavy (non-hydrogen) atoms. The molecule has 0 aliphatic heterocycles. The van der Waals surface area contributed by atoms with E-state index in [2.05, 4.69) is 204 Å². The van der Waals surface area contributed by atoms with Crippen molar-refractivity contribution in [1.82, 2.24) is 0 Å². The van der Waals surface area contributed by atoms with Gasteiger partial charge in [0.2, 0.25) is 28.5 Å². The van der Waals surface area contributed by atoms with Crippen LogP contribution >= 0.6 is 0 Å². The Kier molecular flexibility index (Phi) is 17.0. The maximum absolute atomic E-state index is 7.58. The lowest BCUT2D eigenvalue weighted by atomic mass is 9.98. The Bertz CT molecular complexity index is 5030. The van der Waals surface area contributed by atoms with E-state index in [1.54, 1.807) is 97.3 Å². The fourth-order valence-electron chi connectivity index (χ4n) is 11.2. The topological polar surface area (TPSA) is 19.4 Å². The highest BCUT2D eigenvalue weighted by atomic mass is 14.9. The maximum atomic E-state index is 7.58. The number of benzene rings is 7. The zero-order valence-corrected chi connectivity index (χ0v) is 55.9. The number of aromatic nitrogens is 5. The normalized spacial score (nSPS) is 13.8. The van der Waals surface area contributed by atoms with E-state index in [-0.39, 0.29) is 5.56 Å². The quantitative estimate of drug-likeness (QED) is 0.135. The van der Waals surface area contributed by atoms with Crippen LogP contribution in [0.15, 0.2) is 243 Å². The summed E-state index contributed by atoms with van der Waals surface area (Å²) in [7, 11) is 9.68. The maximum Gasteiger partial charge on any atom is 0.212 e. The molecule has 466 valence electrons. The summed E-state index contributed by atoms with van der Waals surface area (Å²) in [4.78, 5) is 0. The van der Waals surface area contributed by atoms with Crippen LogP contribution in [0.25, 0.3) is 78.5 Å². The molecule has 5 heterocycles. The molecule has 0 amide bonds. The van der Waals surface area contributed by atoms with Gasteiger partial charge in [0.15, 0.2) is 31.0 Å². The van der Waals surface area contributed by atoms with Gasteiger partial charge in [0.1, 0.15) is 35.2 Å². The van der Waals surface area contributed by atoms with Crippen LogP contribution in [0.5, 0.6) is 0 Å². The highest BCUT2D eigenvalue weighted by Gasteiger charge is 2.18.